The van der Waals surface area contributed by atoms with E-state index >= 15 is 0 Å². The Bertz CT molecular complexity index is 767. The van der Waals surface area contributed by atoms with Crippen molar-refractivity contribution in [3.05, 3.63) is 62.9 Å². The minimum absolute atomic E-state index is 0.0395. The average Bonchev–Trinajstić information content (AvgIpc) is 2.49. The molecule has 0 saturated carbocycles. The molecule has 1 amide bonds. The number of hydrogen-bond donors (Lipinski definition) is 1. The second-order valence-corrected chi connectivity index (χ2v) is 5.13. The van der Waals surface area contributed by atoms with Crippen molar-refractivity contribution in [3.8, 4) is 5.75 Å². The number of benzene rings is 2. The first-order valence-corrected chi connectivity index (χ1v) is 6.87. The standard InChI is InChI=1S/C15H12ClFN2O4/c1-9-2-5-14(13(6-9)19(21)22)23-8-15(20)18-12-7-10(16)3-4-11(12)17/h2-7H,8H2,1H3,(H,18,20). The summed E-state index contributed by atoms with van der Waals surface area (Å²) < 4.78 is 18.7. The molecule has 23 heavy (non-hydrogen) atoms. The van der Waals surface area contributed by atoms with Crippen LogP contribution < -0.4 is 10.1 Å². The lowest BCUT2D eigenvalue weighted by Gasteiger charge is -2.09. The highest BCUT2D eigenvalue weighted by atomic mass is 35.5. The van der Waals surface area contributed by atoms with Crippen LogP contribution in [0.25, 0.3) is 0 Å². The topological polar surface area (TPSA) is 81.5 Å². The van der Waals surface area contributed by atoms with Gasteiger partial charge in [-0.05, 0) is 36.8 Å². The number of nitro groups is 1. The van der Waals surface area contributed by atoms with Crippen LogP contribution in [-0.4, -0.2) is 17.4 Å². The fraction of sp³-hybridized carbons (Fsp3) is 0.133. The summed E-state index contributed by atoms with van der Waals surface area (Å²) in [6.45, 7) is 1.20. The lowest BCUT2D eigenvalue weighted by molar-refractivity contribution is -0.385. The summed E-state index contributed by atoms with van der Waals surface area (Å²) in [4.78, 5) is 22.1. The predicted molar refractivity (Wildman–Crippen MR) is 83.4 cm³/mol. The molecular formula is C15H12ClFN2O4. The summed E-state index contributed by atoms with van der Waals surface area (Å²) >= 11 is 5.72. The van der Waals surface area contributed by atoms with Gasteiger partial charge in [-0.1, -0.05) is 17.7 Å². The molecule has 0 radical (unpaired) electrons. The summed E-state index contributed by atoms with van der Waals surface area (Å²) in [5.41, 5.74) is 0.353. The van der Waals surface area contributed by atoms with Crippen LogP contribution in [0.15, 0.2) is 36.4 Å². The Hall–Kier alpha value is -2.67. The number of nitro benzene ring substituents is 1. The number of carbonyl (C=O) groups excluding carboxylic acids is 1. The summed E-state index contributed by atoms with van der Waals surface area (Å²) in [7, 11) is 0. The molecule has 0 spiro atoms. The maximum atomic E-state index is 13.5. The lowest BCUT2D eigenvalue weighted by atomic mass is 10.2. The molecule has 6 nitrogen and oxygen atoms in total. The monoisotopic (exact) mass is 338 g/mol. The number of rotatable bonds is 5. The van der Waals surface area contributed by atoms with Gasteiger partial charge in [0, 0.05) is 11.1 Å². The molecule has 0 aliphatic carbocycles. The van der Waals surface area contributed by atoms with Gasteiger partial charge in [0.2, 0.25) is 0 Å². The highest BCUT2D eigenvalue weighted by Gasteiger charge is 2.16. The number of halogens is 2. The van der Waals surface area contributed by atoms with Gasteiger partial charge < -0.3 is 10.1 Å². The molecule has 2 aromatic rings. The molecule has 0 aliphatic rings. The van der Waals surface area contributed by atoms with Crippen LogP contribution in [-0.2, 0) is 4.79 Å². The van der Waals surface area contributed by atoms with Crippen molar-refractivity contribution < 1.29 is 18.8 Å². The van der Waals surface area contributed by atoms with E-state index in [2.05, 4.69) is 5.32 Å². The zero-order valence-electron chi connectivity index (χ0n) is 12.0. The van der Waals surface area contributed by atoms with Gasteiger partial charge >= 0.3 is 5.69 Å². The van der Waals surface area contributed by atoms with E-state index in [-0.39, 0.29) is 22.1 Å². The maximum Gasteiger partial charge on any atom is 0.311 e. The van der Waals surface area contributed by atoms with E-state index in [0.717, 1.165) is 6.07 Å². The predicted octanol–water partition coefficient (Wildman–Crippen LogP) is 3.71. The molecule has 0 heterocycles. The van der Waals surface area contributed by atoms with E-state index in [1.807, 2.05) is 0 Å². The van der Waals surface area contributed by atoms with E-state index < -0.39 is 23.3 Å². The van der Waals surface area contributed by atoms with Crippen LogP contribution in [0.2, 0.25) is 5.02 Å². The summed E-state index contributed by atoms with van der Waals surface area (Å²) in [5, 5.41) is 13.5. The minimum atomic E-state index is -0.666. The van der Waals surface area contributed by atoms with Crippen molar-refractivity contribution >= 4 is 28.9 Å². The molecule has 2 aromatic carbocycles. The Labute approximate surface area is 136 Å². The van der Waals surface area contributed by atoms with Gasteiger partial charge in [-0.3, -0.25) is 14.9 Å². The van der Waals surface area contributed by atoms with Crippen LogP contribution >= 0.6 is 11.6 Å². The quantitative estimate of drug-likeness (QED) is 0.665. The molecule has 120 valence electrons. The fourth-order valence-electron chi connectivity index (χ4n) is 1.82. The fourth-order valence-corrected chi connectivity index (χ4v) is 1.99. The van der Waals surface area contributed by atoms with Crippen LogP contribution in [0.1, 0.15) is 5.56 Å². The Balaban J connectivity index is 2.05. The van der Waals surface area contributed by atoms with Crippen molar-refractivity contribution in [2.75, 3.05) is 11.9 Å². The van der Waals surface area contributed by atoms with Crippen molar-refractivity contribution in [2.24, 2.45) is 0 Å². The number of anilines is 1. The Morgan fingerprint density at radius 1 is 1.35 bits per heavy atom. The van der Waals surface area contributed by atoms with Crippen molar-refractivity contribution in [3.63, 3.8) is 0 Å². The highest BCUT2D eigenvalue weighted by Crippen LogP contribution is 2.27. The molecule has 0 bridgehead atoms. The van der Waals surface area contributed by atoms with Gasteiger partial charge in [0.15, 0.2) is 12.4 Å². The molecule has 0 unspecified atom stereocenters. The van der Waals surface area contributed by atoms with Gasteiger partial charge in [0.1, 0.15) is 5.82 Å². The first kappa shape index (κ1) is 16.7. The van der Waals surface area contributed by atoms with E-state index in [9.17, 15) is 19.3 Å². The van der Waals surface area contributed by atoms with Crippen molar-refractivity contribution in [1.29, 1.82) is 0 Å². The zero-order valence-corrected chi connectivity index (χ0v) is 12.8. The second kappa shape index (κ2) is 7.06. The normalized spacial score (nSPS) is 10.2. The van der Waals surface area contributed by atoms with Gasteiger partial charge in [-0.15, -0.1) is 0 Å². The van der Waals surface area contributed by atoms with Crippen LogP contribution in [0.4, 0.5) is 15.8 Å². The van der Waals surface area contributed by atoms with Crippen molar-refractivity contribution in [1.82, 2.24) is 0 Å². The number of carbonyl (C=O) groups is 1. The number of nitrogens with zero attached hydrogens (tertiary/aromatic N) is 1. The summed E-state index contributed by atoms with van der Waals surface area (Å²) in [6.07, 6.45) is 0. The first-order chi connectivity index (χ1) is 10.9. The molecule has 8 heteroatoms. The molecule has 1 N–H and O–H groups in total. The first-order valence-electron chi connectivity index (χ1n) is 6.49. The summed E-state index contributed by atoms with van der Waals surface area (Å²) in [5.74, 6) is -1.35. The summed E-state index contributed by atoms with van der Waals surface area (Å²) in [6, 6.07) is 8.08. The Morgan fingerprint density at radius 2 is 2.09 bits per heavy atom. The van der Waals surface area contributed by atoms with Crippen molar-refractivity contribution in [2.45, 2.75) is 6.92 Å². The molecule has 0 aliphatic heterocycles. The number of amides is 1. The van der Waals surface area contributed by atoms with Crippen LogP contribution in [0.3, 0.4) is 0 Å². The highest BCUT2D eigenvalue weighted by molar-refractivity contribution is 6.30. The third kappa shape index (κ3) is 4.40. The number of nitrogens with one attached hydrogen (secondary N) is 1. The maximum absolute atomic E-state index is 13.5. The molecule has 0 aromatic heterocycles. The Morgan fingerprint density at radius 3 is 2.78 bits per heavy atom. The van der Waals surface area contributed by atoms with Gasteiger partial charge in [-0.25, -0.2) is 4.39 Å². The molecule has 2 rings (SSSR count). The smallest absolute Gasteiger partial charge is 0.311 e. The number of hydrogen-bond acceptors (Lipinski definition) is 4. The van der Waals surface area contributed by atoms with Gasteiger partial charge in [-0.2, -0.15) is 0 Å². The lowest BCUT2D eigenvalue weighted by Crippen LogP contribution is -2.21. The second-order valence-electron chi connectivity index (χ2n) is 4.69. The van der Waals surface area contributed by atoms with Crippen LogP contribution in [0.5, 0.6) is 5.75 Å². The average molecular weight is 339 g/mol. The van der Waals surface area contributed by atoms with E-state index in [1.165, 1.54) is 24.3 Å². The largest absolute Gasteiger partial charge is 0.477 e. The minimum Gasteiger partial charge on any atom is -0.477 e. The number of ether oxygens (including phenoxy) is 1. The SMILES string of the molecule is Cc1ccc(OCC(=O)Nc2cc(Cl)ccc2F)c([N+](=O)[O-])c1. The third-order valence-electron chi connectivity index (χ3n) is 2.87. The van der Waals surface area contributed by atoms with Gasteiger partial charge in [0.25, 0.3) is 5.91 Å². The molecule has 0 fully saturated rings. The third-order valence-corrected chi connectivity index (χ3v) is 3.11. The molecule has 0 saturated heterocycles. The van der Waals surface area contributed by atoms with E-state index in [1.54, 1.807) is 13.0 Å². The van der Waals surface area contributed by atoms with E-state index in [0.29, 0.717) is 5.56 Å². The Kier molecular flexibility index (Phi) is 5.13. The molecule has 0 atom stereocenters. The molecular weight excluding hydrogens is 327 g/mol. The zero-order chi connectivity index (χ0) is 17.0. The number of aryl methyl sites for hydroxylation is 1. The van der Waals surface area contributed by atoms with Crippen LogP contribution in [0, 0.1) is 22.9 Å². The van der Waals surface area contributed by atoms with Gasteiger partial charge in [0.05, 0.1) is 10.6 Å². The van der Waals surface area contributed by atoms with E-state index in [4.69, 9.17) is 16.3 Å².